The molecule has 0 unspecified atom stereocenters. The lowest BCUT2D eigenvalue weighted by atomic mass is 9.86. The molecule has 1 aromatic carbocycles. The zero-order valence-electron chi connectivity index (χ0n) is 18.9. The maximum atomic E-state index is 13.1. The van der Waals surface area contributed by atoms with Crippen molar-refractivity contribution in [2.45, 2.75) is 52.6 Å². The molecule has 2 aromatic heterocycles. The molecule has 1 N–H and O–H groups in total. The Morgan fingerprint density at radius 1 is 1.16 bits per heavy atom. The van der Waals surface area contributed by atoms with Gasteiger partial charge in [-0.25, -0.2) is 0 Å². The number of pyridine rings is 1. The van der Waals surface area contributed by atoms with Crippen LogP contribution >= 0.6 is 11.3 Å². The van der Waals surface area contributed by atoms with Crippen LogP contribution in [0, 0.1) is 6.92 Å². The molecule has 6 nitrogen and oxygen atoms in total. The SMILES string of the molecule is Cc1ncc2c(c1CNC(=O)c1cncs1)CCN(C(=O)c1ccc(C(C)(C)C)cc1)C2. The van der Waals surface area contributed by atoms with Crippen LogP contribution in [0.3, 0.4) is 0 Å². The molecule has 0 radical (unpaired) electrons. The first-order valence-electron chi connectivity index (χ1n) is 10.8. The highest BCUT2D eigenvalue weighted by atomic mass is 32.1. The second-order valence-corrected chi connectivity index (χ2v) is 10.1. The molecule has 3 aromatic rings. The van der Waals surface area contributed by atoms with E-state index >= 15 is 0 Å². The number of benzene rings is 1. The number of hydrogen-bond donors (Lipinski definition) is 1. The maximum Gasteiger partial charge on any atom is 0.263 e. The average molecular weight is 449 g/mol. The molecule has 0 aliphatic carbocycles. The molecule has 0 bridgehead atoms. The van der Waals surface area contributed by atoms with Crippen LogP contribution < -0.4 is 5.32 Å². The molecule has 0 fully saturated rings. The van der Waals surface area contributed by atoms with Crippen LogP contribution in [0.5, 0.6) is 0 Å². The summed E-state index contributed by atoms with van der Waals surface area (Å²) in [7, 11) is 0. The summed E-state index contributed by atoms with van der Waals surface area (Å²) in [5.74, 6) is -0.0902. The number of fused-ring (bicyclic) bond motifs is 1. The van der Waals surface area contributed by atoms with Crippen molar-refractivity contribution in [1.82, 2.24) is 20.2 Å². The molecular weight excluding hydrogens is 420 g/mol. The van der Waals surface area contributed by atoms with Gasteiger partial charge >= 0.3 is 0 Å². The van der Waals surface area contributed by atoms with Crippen LogP contribution in [-0.2, 0) is 24.9 Å². The number of carbonyl (C=O) groups excluding carboxylic acids is 2. The van der Waals surface area contributed by atoms with Crippen LogP contribution in [0.1, 0.15) is 68.7 Å². The number of aromatic nitrogens is 2. The van der Waals surface area contributed by atoms with Crippen molar-refractivity contribution < 1.29 is 9.59 Å². The van der Waals surface area contributed by atoms with Gasteiger partial charge in [-0.3, -0.25) is 19.6 Å². The normalized spacial score (nSPS) is 13.6. The molecule has 2 amide bonds. The van der Waals surface area contributed by atoms with Crippen LogP contribution in [0.15, 0.2) is 42.2 Å². The Hall–Kier alpha value is -3.06. The molecule has 32 heavy (non-hydrogen) atoms. The van der Waals surface area contributed by atoms with Crippen molar-refractivity contribution in [2.24, 2.45) is 0 Å². The molecule has 0 saturated carbocycles. The third-order valence-corrected chi connectivity index (χ3v) is 6.73. The highest BCUT2D eigenvalue weighted by molar-refractivity contribution is 7.11. The number of aryl methyl sites for hydroxylation is 1. The van der Waals surface area contributed by atoms with Gasteiger partial charge in [0.15, 0.2) is 0 Å². The molecular formula is C25H28N4O2S. The number of thiazole rings is 1. The van der Waals surface area contributed by atoms with E-state index in [1.54, 1.807) is 11.7 Å². The van der Waals surface area contributed by atoms with Gasteiger partial charge in [0.2, 0.25) is 0 Å². The first-order valence-corrected chi connectivity index (χ1v) is 11.6. The van der Waals surface area contributed by atoms with Gasteiger partial charge in [-0.15, -0.1) is 11.3 Å². The fraction of sp³-hybridized carbons (Fsp3) is 0.360. The summed E-state index contributed by atoms with van der Waals surface area (Å²) in [5.41, 5.74) is 7.81. The largest absolute Gasteiger partial charge is 0.347 e. The fourth-order valence-electron chi connectivity index (χ4n) is 4.01. The second kappa shape index (κ2) is 8.82. The monoisotopic (exact) mass is 448 g/mol. The van der Waals surface area contributed by atoms with Gasteiger partial charge in [0.1, 0.15) is 4.88 Å². The van der Waals surface area contributed by atoms with Crippen LogP contribution in [0.25, 0.3) is 0 Å². The lowest BCUT2D eigenvalue weighted by Crippen LogP contribution is -2.37. The predicted octanol–water partition coefficient (Wildman–Crippen LogP) is 4.27. The summed E-state index contributed by atoms with van der Waals surface area (Å²) in [6.45, 7) is 10.0. The van der Waals surface area contributed by atoms with Crippen molar-refractivity contribution >= 4 is 23.2 Å². The topological polar surface area (TPSA) is 75.2 Å². The van der Waals surface area contributed by atoms with Crippen molar-refractivity contribution in [3.8, 4) is 0 Å². The average Bonchev–Trinajstić information content (AvgIpc) is 3.32. The summed E-state index contributed by atoms with van der Waals surface area (Å²) < 4.78 is 0. The summed E-state index contributed by atoms with van der Waals surface area (Å²) >= 11 is 1.32. The zero-order valence-corrected chi connectivity index (χ0v) is 19.8. The second-order valence-electron chi connectivity index (χ2n) is 9.18. The lowest BCUT2D eigenvalue weighted by Gasteiger charge is -2.31. The molecule has 3 heterocycles. The lowest BCUT2D eigenvalue weighted by molar-refractivity contribution is 0.0734. The van der Waals surface area contributed by atoms with Crippen molar-refractivity contribution in [3.05, 3.63) is 80.6 Å². The Kier molecular flexibility index (Phi) is 6.11. The minimum absolute atomic E-state index is 0.0386. The van der Waals surface area contributed by atoms with Crippen molar-refractivity contribution in [1.29, 1.82) is 0 Å². The number of nitrogens with zero attached hydrogens (tertiary/aromatic N) is 3. The Balaban J connectivity index is 1.48. The van der Waals surface area contributed by atoms with Crippen LogP contribution in [-0.4, -0.2) is 33.2 Å². The molecule has 0 atom stereocenters. The Morgan fingerprint density at radius 3 is 2.56 bits per heavy atom. The van der Waals surface area contributed by atoms with E-state index in [2.05, 4.69) is 36.1 Å². The molecule has 0 spiro atoms. The number of nitrogens with one attached hydrogen (secondary N) is 1. The molecule has 4 rings (SSSR count). The van der Waals surface area contributed by atoms with Gasteiger partial charge in [0.25, 0.3) is 11.8 Å². The maximum absolute atomic E-state index is 13.1. The van der Waals surface area contributed by atoms with E-state index in [0.29, 0.717) is 30.1 Å². The zero-order chi connectivity index (χ0) is 22.9. The molecule has 166 valence electrons. The molecule has 0 saturated heterocycles. The van der Waals surface area contributed by atoms with E-state index in [9.17, 15) is 9.59 Å². The number of rotatable bonds is 4. The fourth-order valence-corrected chi connectivity index (χ4v) is 4.55. The highest BCUT2D eigenvalue weighted by Gasteiger charge is 2.25. The van der Waals surface area contributed by atoms with E-state index < -0.39 is 0 Å². The van der Waals surface area contributed by atoms with Crippen LogP contribution in [0.4, 0.5) is 0 Å². The van der Waals surface area contributed by atoms with E-state index in [0.717, 1.165) is 23.2 Å². The van der Waals surface area contributed by atoms with E-state index in [1.807, 2.05) is 42.3 Å². The first kappa shape index (κ1) is 22.1. The minimum atomic E-state index is -0.129. The van der Waals surface area contributed by atoms with Gasteiger partial charge in [-0.1, -0.05) is 32.9 Å². The van der Waals surface area contributed by atoms with Crippen molar-refractivity contribution in [3.63, 3.8) is 0 Å². The smallest absolute Gasteiger partial charge is 0.263 e. The highest BCUT2D eigenvalue weighted by Crippen LogP contribution is 2.26. The van der Waals surface area contributed by atoms with Gasteiger partial charge in [-0.2, -0.15) is 0 Å². The third kappa shape index (κ3) is 4.58. The van der Waals surface area contributed by atoms with Gasteiger partial charge in [0.05, 0.1) is 11.7 Å². The predicted molar refractivity (Wildman–Crippen MR) is 126 cm³/mol. The van der Waals surface area contributed by atoms with E-state index in [1.165, 1.54) is 22.5 Å². The third-order valence-electron chi connectivity index (χ3n) is 5.96. The molecule has 7 heteroatoms. The minimum Gasteiger partial charge on any atom is -0.347 e. The Labute approximate surface area is 192 Å². The molecule has 1 aliphatic heterocycles. The first-order chi connectivity index (χ1) is 15.2. The van der Waals surface area contributed by atoms with Gasteiger partial charge < -0.3 is 10.2 Å². The molecule has 1 aliphatic rings. The summed E-state index contributed by atoms with van der Waals surface area (Å²) in [6.07, 6.45) is 4.18. The Morgan fingerprint density at radius 2 is 1.91 bits per heavy atom. The van der Waals surface area contributed by atoms with E-state index in [4.69, 9.17) is 0 Å². The van der Waals surface area contributed by atoms with Gasteiger partial charge in [0, 0.05) is 37.1 Å². The Bertz CT molecular complexity index is 1130. The van der Waals surface area contributed by atoms with Gasteiger partial charge in [-0.05, 0) is 53.1 Å². The van der Waals surface area contributed by atoms with Crippen molar-refractivity contribution in [2.75, 3.05) is 6.54 Å². The van der Waals surface area contributed by atoms with E-state index in [-0.39, 0.29) is 17.2 Å². The summed E-state index contributed by atoms with van der Waals surface area (Å²) in [6, 6.07) is 7.93. The van der Waals surface area contributed by atoms with Crippen LogP contribution in [0.2, 0.25) is 0 Å². The quantitative estimate of drug-likeness (QED) is 0.647. The number of carbonyl (C=O) groups is 2. The standard InChI is InChI=1S/C25H28N4O2S/c1-16-21(12-28-23(30)22-13-26-15-32-22)20-9-10-29(14-18(20)11-27-16)24(31)17-5-7-19(8-6-17)25(2,3)4/h5-8,11,13,15H,9-10,12,14H2,1-4H3,(H,28,30). The summed E-state index contributed by atoms with van der Waals surface area (Å²) in [4.78, 5) is 36.4. The number of hydrogen-bond acceptors (Lipinski definition) is 5. The number of amides is 2. The summed E-state index contributed by atoms with van der Waals surface area (Å²) in [5, 5.41) is 2.98.